The second-order valence-corrected chi connectivity index (χ2v) is 6.66. The van der Waals surface area contributed by atoms with E-state index in [-0.39, 0.29) is 27.6 Å². The maximum absolute atomic E-state index is 12.5. The lowest BCUT2D eigenvalue weighted by molar-refractivity contribution is 0.0697. The number of sulfonamides is 1. The molecule has 128 valence electrons. The summed E-state index contributed by atoms with van der Waals surface area (Å²) in [5.74, 6) is -0.894. The first-order chi connectivity index (χ1) is 11.3. The number of benzene rings is 2. The summed E-state index contributed by atoms with van der Waals surface area (Å²) in [4.78, 5) is 11.5. The Morgan fingerprint density at radius 3 is 2.08 bits per heavy atom. The van der Waals surface area contributed by atoms with Gasteiger partial charge in [-0.25, -0.2) is 13.2 Å². The third-order valence-electron chi connectivity index (χ3n) is 3.33. The summed E-state index contributed by atoms with van der Waals surface area (Å²) in [5, 5.41) is 9.32. The molecular formula is C16H17NO6S. The van der Waals surface area contributed by atoms with Crippen LogP contribution in [0.25, 0.3) is 0 Å². The number of aromatic carboxylic acids is 1. The molecule has 0 aliphatic rings. The Balaban J connectivity index is 2.51. The van der Waals surface area contributed by atoms with E-state index in [0.717, 1.165) is 5.56 Å². The van der Waals surface area contributed by atoms with E-state index in [2.05, 4.69) is 4.72 Å². The molecule has 7 nitrogen and oxygen atoms in total. The maximum Gasteiger partial charge on any atom is 0.337 e. The fraction of sp³-hybridized carbons (Fsp3) is 0.188. The van der Waals surface area contributed by atoms with Gasteiger partial charge in [-0.15, -0.1) is 0 Å². The summed E-state index contributed by atoms with van der Waals surface area (Å²) < 4.78 is 37.4. The second kappa shape index (κ2) is 6.79. The van der Waals surface area contributed by atoms with Gasteiger partial charge >= 0.3 is 5.97 Å². The number of ether oxygens (including phenoxy) is 2. The molecule has 0 saturated heterocycles. The summed E-state index contributed by atoms with van der Waals surface area (Å²) in [6, 6.07) is 8.67. The molecule has 2 N–H and O–H groups in total. The number of aryl methyl sites for hydroxylation is 1. The zero-order valence-corrected chi connectivity index (χ0v) is 14.2. The number of carbonyl (C=O) groups is 1. The van der Waals surface area contributed by atoms with Gasteiger partial charge in [0.15, 0.2) is 11.5 Å². The number of anilines is 1. The quantitative estimate of drug-likeness (QED) is 0.829. The number of rotatable bonds is 6. The molecule has 2 aromatic rings. The van der Waals surface area contributed by atoms with Crippen molar-refractivity contribution in [1.29, 1.82) is 0 Å². The van der Waals surface area contributed by atoms with E-state index >= 15 is 0 Å². The molecule has 0 unspecified atom stereocenters. The van der Waals surface area contributed by atoms with Crippen molar-refractivity contribution in [3.63, 3.8) is 0 Å². The average Bonchev–Trinajstić information content (AvgIpc) is 2.54. The largest absolute Gasteiger partial charge is 0.493 e. The standard InChI is InChI=1S/C16H17NO6S/c1-10-4-6-11(7-5-10)24(20,21)17-13-9-15(23-3)14(22-2)8-12(13)16(18)19/h4-9,17H,1-3H3,(H,18,19). The first-order valence-corrected chi connectivity index (χ1v) is 8.35. The summed E-state index contributed by atoms with van der Waals surface area (Å²) in [7, 11) is -1.21. The first-order valence-electron chi connectivity index (χ1n) is 6.87. The predicted molar refractivity (Wildman–Crippen MR) is 88.5 cm³/mol. The van der Waals surface area contributed by atoms with E-state index < -0.39 is 16.0 Å². The molecule has 0 amide bonds. The van der Waals surface area contributed by atoms with Gasteiger partial charge in [-0.1, -0.05) is 17.7 Å². The Hall–Kier alpha value is -2.74. The number of carboxylic acid groups (broad SMARTS) is 1. The summed E-state index contributed by atoms with van der Waals surface area (Å²) in [6.45, 7) is 1.83. The van der Waals surface area contributed by atoms with Crippen molar-refractivity contribution in [1.82, 2.24) is 0 Å². The van der Waals surface area contributed by atoms with E-state index in [1.54, 1.807) is 12.1 Å². The second-order valence-electron chi connectivity index (χ2n) is 4.98. The highest BCUT2D eigenvalue weighted by Crippen LogP contribution is 2.34. The molecule has 2 rings (SSSR count). The zero-order valence-electron chi connectivity index (χ0n) is 13.4. The minimum absolute atomic E-state index is 0.0271. The highest BCUT2D eigenvalue weighted by atomic mass is 32.2. The summed E-state index contributed by atoms with van der Waals surface area (Å²) in [5.41, 5.74) is 0.551. The lowest BCUT2D eigenvalue weighted by atomic mass is 10.1. The Morgan fingerprint density at radius 2 is 1.58 bits per heavy atom. The van der Waals surface area contributed by atoms with Crippen molar-refractivity contribution in [3.05, 3.63) is 47.5 Å². The molecule has 0 heterocycles. The topological polar surface area (TPSA) is 102 Å². The Labute approximate surface area is 139 Å². The number of hydrogen-bond acceptors (Lipinski definition) is 5. The molecular weight excluding hydrogens is 334 g/mol. The average molecular weight is 351 g/mol. The molecule has 0 aliphatic heterocycles. The smallest absolute Gasteiger partial charge is 0.337 e. The van der Waals surface area contributed by atoms with Gasteiger partial charge in [-0.3, -0.25) is 4.72 Å². The highest BCUT2D eigenvalue weighted by Gasteiger charge is 2.21. The van der Waals surface area contributed by atoms with Gasteiger partial charge in [0.2, 0.25) is 0 Å². The molecule has 0 aliphatic carbocycles. The van der Waals surface area contributed by atoms with Crippen LogP contribution in [0.4, 0.5) is 5.69 Å². The van der Waals surface area contributed by atoms with Crippen molar-refractivity contribution < 1.29 is 27.8 Å². The Morgan fingerprint density at radius 1 is 1.04 bits per heavy atom. The molecule has 0 bridgehead atoms. The van der Waals surface area contributed by atoms with Crippen LogP contribution >= 0.6 is 0 Å². The number of hydrogen-bond donors (Lipinski definition) is 2. The van der Waals surface area contributed by atoms with E-state index in [1.165, 1.54) is 38.5 Å². The van der Waals surface area contributed by atoms with Gasteiger partial charge in [0.1, 0.15) is 0 Å². The van der Waals surface area contributed by atoms with Crippen LogP contribution in [0.3, 0.4) is 0 Å². The highest BCUT2D eigenvalue weighted by molar-refractivity contribution is 7.92. The lowest BCUT2D eigenvalue weighted by Crippen LogP contribution is -2.16. The van der Waals surface area contributed by atoms with E-state index in [1.807, 2.05) is 6.92 Å². The molecule has 0 aromatic heterocycles. The van der Waals surface area contributed by atoms with Crippen LogP contribution in [-0.4, -0.2) is 33.7 Å². The maximum atomic E-state index is 12.5. The van der Waals surface area contributed by atoms with Crippen molar-refractivity contribution >= 4 is 21.7 Å². The number of carboxylic acids is 1. The Bertz CT molecular complexity index is 859. The van der Waals surface area contributed by atoms with Crippen molar-refractivity contribution in [2.24, 2.45) is 0 Å². The van der Waals surface area contributed by atoms with Crippen LogP contribution in [0, 0.1) is 6.92 Å². The Kier molecular flexibility index (Phi) is 4.99. The van der Waals surface area contributed by atoms with Crippen LogP contribution in [0.2, 0.25) is 0 Å². The third kappa shape index (κ3) is 3.60. The number of nitrogens with one attached hydrogen (secondary N) is 1. The van der Waals surface area contributed by atoms with Gasteiger partial charge < -0.3 is 14.6 Å². The van der Waals surface area contributed by atoms with Gasteiger partial charge in [-0.05, 0) is 19.1 Å². The normalized spacial score (nSPS) is 11.0. The molecule has 0 radical (unpaired) electrons. The first kappa shape index (κ1) is 17.6. The van der Waals surface area contributed by atoms with Crippen LogP contribution in [0.15, 0.2) is 41.3 Å². The van der Waals surface area contributed by atoms with Crippen LogP contribution in [0.5, 0.6) is 11.5 Å². The third-order valence-corrected chi connectivity index (χ3v) is 4.71. The SMILES string of the molecule is COc1cc(NS(=O)(=O)c2ccc(C)cc2)c(C(=O)O)cc1OC. The van der Waals surface area contributed by atoms with Crippen LogP contribution in [-0.2, 0) is 10.0 Å². The fourth-order valence-corrected chi connectivity index (χ4v) is 3.13. The van der Waals surface area contributed by atoms with Crippen molar-refractivity contribution in [2.45, 2.75) is 11.8 Å². The zero-order chi connectivity index (χ0) is 17.9. The van der Waals surface area contributed by atoms with Gasteiger partial charge in [0.05, 0.1) is 30.4 Å². The molecule has 0 spiro atoms. The molecule has 0 atom stereocenters. The summed E-state index contributed by atoms with van der Waals surface area (Å²) >= 11 is 0. The van der Waals surface area contributed by atoms with Crippen molar-refractivity contribution in [2.75, 3.05) is 18.9 Å². The molecule has 0 saturated carbocycles. The van der Waals surface area contributed by atoms with Gasteiger partial charge in [0.25, 0.3) is 10.0 Å². The molecule has 2 aromatic carbocycles. The molecule has 0 fully saturated rings. The minimum Gasteiger partial charge on any atom is -0.493 e. The van der Waals surface area contributed by atoms with Gasteiger partial charge in [-0.2, -0.15) is 0 Å². The van der Waals surface area contributed by atoms with Gasteiger partial charge in [0, 0.05) is 12.1 Å². The van der Waals surface area contributed by atoms with Crippen LogP contribution in [0.1, 0.15) is 15.9 Å². The molecule has 8 heteroatoms. The number of methoxy groups -OCH3 is 2. The predicted octanol–water partition coefficient (Wildman–Crippen LogP) is 2.51. The summed E-state index contributed by atoms with van der Waals surface area (Å²) in [6.07, 6.45) is 0. The lowest BCUT2D eigenvalue weighted by Gasteiger charge is -2.14. The van der Waals surface area contributed by atoms with Crippen LogP contribution < -0.4 is 14.2 Å². The fourth-order valence-electron chi connectivity index (χ4n) is 2.06. The monoisotopic (exact) mass is 351 g/mol. The van der Waals surface area contributed by atoms with E-state index in [9.17, 15) is 18.3 Å². The van der Waals surface area contributed by atoms with E-state index in [0.29, 0.717) is 0 Å². The molecule has 24 heavy (non-hydrogen) atoms. The minimum atomic E-state index is -3.94. The van der Waals surface area contributed by atoms with Crippen molar-refractivity contribution in [3.8, 4) is 11.5 Å². The van der Waals surface area contributed by atoms with E-state index in [4.69, 9.17) is 9.47 Å².